The quantitative estimate of drug-likeness (QED) is 0.407. The van der Waals surface area contributed by atoms with Crippen molar-refractivity contribution in [3.63, 3.8) is 0 Å². The summed E-state index contributed by atoms with van der Waals surface area (Å²) in [6.45, 7) is 1.78. The molecule has 0 spiro atoms. The van der Waals surface area contributed by atoms with Crippen molar-refractivity contribution < 1.29 is 21.6 Å². The molecule has 9 heteroatoms. The Kier molecular flexibility index (Phi) is 7.61. The standard InChI is InChI=1S/C27H30F3N3O2S/c1-3-22-19-32(27(28,29)30)16-17-33(22)23-14-15-25(36(2,34)35)24(18-23)31-26(20-10-6-4-7-11-20)21-12-8-5-9-13-21/h4-15,18,22,26,31H,3,16-17,19H2,1-2H3. The molecule has 0 radical (unpaired) electrons. The third-order valence-corrected chi connectivity index (χ3v) is 7.73. The molecular formula is C27H30F3N3O2S. The number of sulfone groups is 1. The van der Waals surface area contributed by atoms with E-state index >= 15 is 0 Å². The molecular weight excluding hydrogens is 487 g/mol. The van der Waals surface area contributed by atoms with E-state index in [2.05, 4.69) is 5.32 Å². The van der Waals surface area contributed by atoms with E-state index in [-0.39, 0.29) is 36.6 Å². The number of nitrogens with zero attached hydrogens (tertiary/aromatic N) is 2. The molecule has 192 valence electrons. The zero-order valence-electron chi connectivity index (χ0n) is 20.2. The summed E-state index contributed by atoms with van der Waals surface area (Å²) in [5.74, 6) is 0. The van der Waals surface area contributed by atoms with Gasteiger partial charge < -0.3 is 10.2 Å². The summed E-state index contributed by atoms with van der Waals surface area (Å²) < 4.78 is 65.3. The third-order valence-electron chi connectivity index (χ3n) is 6.57. The molecule has 1 N–H and O–H groups in total. The van der Waals surface area contributed by atoms with Gasteiger partial charge in [0.15, 0.2) is 9.84 Å². The second-order valence-corrected chi connectivity index (χ2v) is 11.0. The summed E-state index contributed by atoms with van der Waals surface area (Å²) in [5, 5.41) is 3.44. The van der Waals surface area contributed by atoms with E-state index in [0.717, 1.165) is 17.4 Å². The Hall–Kier alpha value is -3.04. The van der Waals surface area contributed by atoms with Crippen LogP contribution < -0.4 is 10.2 Å². The zero-order chi connectivity index (χ0) is 25.9. The number of anilines is 2. The topological polar surface area (TPSA) is 52.7 Å². The number of halogens is 3. The van der Waals surface area contributed by atoms with Gasteiger partial charge in [-0.1, -0.05) is 67.6 Å². The third kappa shape index (κ3) is 5.84. The number of hydrogen-bond donors (Lipinski definition) is 1. The summed E-state index contributed by atoms with van der Waals surface area (Å²) in [6, 6.07) is 23.7. The van der Waals surface area contributed by atoms with Crippen molar-refractivity contribution in [2.45, 2.75) is 36.6 Å². The first kappa shape index (κ1) is 26.0. The maximum Gasteiger partial charge on any atom is 0.460 e. The first-order valence-corrected chi connectivity index (χ1v) is 13.8. The van der Waals surface area contributed by atoms with E-state index in [0.29, 0.717) is 22.7 Å². The largest absolute Gasteiger partial charge is 0.460 e. The molecule has 5 nitrogen and oxygen atoms in total. The van der Waals surface area contributed by atoms with Crippen LogP contribution in [0.15, 0.2) is 83.8 Å². The maximum atomic E-state index is 13.3. The van der Waals surface area contributed by atoms with Crippen LogP contribution in [-0.4, -0.2) is 51.5 Å². The maximum absolute atomic E-state index is 13.3. The van der Waals surface area contributed by atoms with Crippen LogP contribution in [0.1, 0.15) is 30.5 Å². The Morgan fingerprint density at radius 3 is 2.03 bits per heavy atom. The SMILES string of the molecule is CCC1CN(C(F)(F)F)CCN1c1ccc(S(C)(=O)=O)c(NC(c2ccccc2)c2ccccc2)c1. The number of rotatable bonds is 7. The molecule has 1 atom stereocenters. The van der Waals surface area contributed by atoms with E-state index in [1.165, 1.54) is 0 Å². The molecule has 0 saturated carbocycles. The van der Waals surface area contributed by atoms with Crippen LogP contribution in [0.5, 0.6) is 0 Å². The predicted octanol–water partition coefficient (Wildman–Crippen LogP) is 5.71. The summed E-state index contributed by atoms with van der Waals surface area (Å²) in [6.07, 6.45) is -2.69. The smallest absolute Gasteiger partial charge is 0.373 e. The van der Waals surface area contributed by atoms with E-state index < -0.39 is 16.1 Å². The summed E-state index contributed by atoms with van der Waals surface area (Å²) in [5.41, 5.74) is 3.02. The number of piperazine rings is 1. The Labute approximate surface area is 210 Å². The van der Waals surface area contributed by atoms with Crippen LogP contribution in [-0.2, 0) is 9.84 Å². The van der Waals surface area contributed by atoms with Gasteiger partial charge in [-0.3, -0.25) is 0 Å². The summed E-state index contributed by atoms with van der Waals surface area (Å²) in [7, 11) is -3.58. The first-order valence-electron chi connectivity index (χ1n) is 11.9. The van der Waals surface area contributed by atoms with Gasteiger partial charge >= 0.3 is 6.30 Å². The summed E-state index contributed by atoms with van der Waals surface area (Å²) >= 11 is 0. The van der Waals surface area contributed by atoms with Crippen LogP contribution in [0.3, 0.4) is 0 Å². The Morgan fingerprint density at radius 2 is 1.53 bits per heavy atom. The number of nitrogens with one attached hydrogen (secondary N) is 1. The van der Waals surface area contributed by atoms with Gasteiger partial charge in [0.1, 0.15) is 0 Å². The molecule has 1 saturated heterocycles. The highest BCUT2D eigenvalue weighted by Crippen LogP contribution is 2.35. The monoisotopic (exact) mass is 517 g/mol. The fraction of sp³-hybridized carbons (Fsp3) is 0.333. The molecule has 0 bridgehead atoms. The van der Waals surface area contributed by atoms with E-state index in [1.807, 2.05) is 72.5 Å². The fourth-order valence-electron chi connectivity index (χ4n) is 4.71. The van der Waals surface area contributed by atoms with Crippen molar-refractivity contribution in [1.29, 1.82) is 0 Å². The highest BCUT2D eigenvalue weighted by Gasteiger charge is 2.41. The minimum Gasteiger partial charge on any atom is -0.373 e. The lowest BCUT2D eigenvalue weighted by Crippen LogP contribution is -2.57. The highest BCUT2D eigenvalue weighted by atomic mass is 32.2. The zero-order valence-corrected chi connectivity index (χ0v) is 21.1. The Bertz CT molecular complexity index is 1230. The van der Waals surface area contributed by atoms with Gasteiger partial charge in [-0.15, -0.1) is 0 Å². The molecule has 3 aromatic carbocycles. The normalized spacial score (nSPS) is 17.4. The second kappa shape index (κ2) is 10.5. The van der Waals surface area contributed by atoms with Crippen molar-refractivity contribution >= 4 is 21.2 Å². The lowest BCUT2D eigenvalue weighted by atomic mass is 9.98. The molecule has 0 aromatic heterocycles. The Morgan fingerprint density at radius 1 is 0.944 bits per heavy atom. The fourth-order valence-corrected chi connectivity index (χ4v) is 5.55. The van der Waals surface area contributed by atoms with Gasteiger partial charge in [0, 0.05) is 37.6 Å². The molecule has 4 rings (SSSR count). The van der Waals surface area contributed by atoms with Gasteiger partial charge in [-0.25, -0.2) is 13.3 Å². The molecule has 0 amide bonds. The average Bonchev–Trinajstić information content (AvgIpc) is 2.86. The average molecular weight is 518 g/mol. The second-order valence-electron chi connectivity index (χ2n) is 9.02. The van der Waals surface area contributed by atoms with Crippen LogP contribution in [0.2, 0.25) is 0 Å². The van der Waals surface area contributed by atoms with Crippen molar-refractivity contribution in [2.24, 2.45) is 0 Å². The molecule has 36 heavy (non-hydrogen) atoms. The first-order chi connectivity index (χ1) is 17.1. The lowest BCUT2D eigenvalue weighted by molar-refractivity contribution is -0.249. The lowest BCUT2D eigenvalue weighted by Gasteiger charge is -2.43. The van der Waals surface area contributed by atoms with Crippen molar-refractivity contribution in [3.05, 3.63) is 90.0 Å². The molecule has 0 aliphatic carbocycles. The molecule has 1 fully saturated rings. The number of alkyl halides is 3. The van der Waals surface area contributed by atoms with Crippen molar-refractivity contribution in [1.82, 2.24) is 4.90 Å². The number of benzene rings is 3. The number of hydrogen-bond acceptors (Lipinski definition) is 5. The molecule has 1 aliphatic rings. The molecule has 1 unspecified atom stereocenters. The van der Waals surface area contributed by atoms with Gasteiger partial charge in [0.25, 0.3) is 0 Å². The Balaban J connectivity index is 1.74. The van der Waals surface area contributed by atoms with Crippen LogP contribution >= 0.6 is 0 Å². The van der Waals surface area contributed by atoms with E-state index in [4.69, 9.17) is 0 Å². The highest BCUT2D eigenvalue weighted by molar-refractivity contribution is 7.90. The van der Waals surface area contributed by atoms with Gasteiger partial charge in [-0.2, -0.15) is 13.2 Å². The van der Waals surface area contributed by atoms with Crippen molar-refractivity contribution in [3.8, 4) is 0 Å². The van der Waals surface area contributed by atoms with E-state index in [1.54, 1.807) is 18.2 Å². The van der Waals surface area contributed by atoms with Crippen LogP contribution in [0.4, 0.5) is 24.5 Å². The minimum absolute atomic E-state index is 0.132. The van der Waals surface area contributed by atoms with Crippen molar-refractivity contribution in [2.75, 3.05) is 36.1 Å². The molecule has 1 heterocycles. The predicted molar refractivity (Wildman–Crippen MR) is 137 cm³/mol. The molecule has 1 aliphatic heterocycles. The summed E-state index contributed by atoms with van der Waals surface area (Å²) in [4.78, 5) is 2.63. The van der Waals surface area contributed by atoms with Crippen LogP contribution in [0.25, 0.3) is 0 Å². The van der Waals surface area contributed by atoms with E-state index in [9.17, 15) is 21.6 Å². The van der Waals surface area contributed by atoms with Gasteiger partial charge in [-0.05, 0) is 35.7 Å². The van der Waals surface area contributed by atoms with Crippen LogP contribution in [0, 0.1) is 0 Å². The molecule has 3 aromatic rings. The minimum atomic E-state index is -4.37. The van der Waals surface area contributed by atoms with Gasteiger partial charge in [0.05, 0.1) is 16.6 Å². The van der Waals surface area contributed by atoms with Gasteiger partial charge in [0.2, 0.25) is 0 Å².